The Hall–Kier alpha value is -0.840. The van der Waals surface area contributed by atoms with Crippen LogP contribution in [0.15, 0.2) is 34.2 Å². The van der Waals surface area contributed by atoms with Crippen LogP contribution in [0.25, 0.3) is 0 Å². The molecule has 0 amide bonds. The molecule has 0 aliphatic heterocycles. The molecule has 0 radical (unpaired) electrons. The summed E-state index contributed by atoms with van der Waals surface area (Å²) in [7, 11) is 1.64. The molecule has 1 aromatic rings. The first-order valence-electron chi connectivity index (χ1n) is 8.20. The number of nitrogens with one attached hydrogen (secondary N) is 2. The molecule has 150 valence electrons. The van der Waals surface area contributed by atoms with Crippen LogP contribution in [0.2, 0.25) is 0 Å². The van der Waals surface area contributed by atoms with E-state index in [2.05, 4.69) is 22.5 Å². The number of benzene rings is 1. The molecule has 0 aromatic heterocycles. The Balaban J connectivity index is 0.00000625. The van der Waals surface area contributed by atoms with Crippen LogP contribution in [0.4, 0.5) is 13.2 Å². The molecule has 0 aliphatic carbocycles. The van der Waals surface area contributed by atoms with Crippen molar-refractivity contribution in [3.8, 4) is 5.75 Å². The molecule has 0 heterocycles. The molecular formula is C17H27F3IN3OS. The maximum atomic E-state index is 12.2. The number of methoxy groups -OCH3 is 1. The van der Waals surface area contributed by atoms with E-state index in [1.54, 1.807) is 18.9 Å². The zero-order valence-electron chi connectivity index (χ0n) is 15.2. The van der Waals surface area contributed by atoms with E-state index in [4.69, 9.17) is 4.74 Å². The maximum Gasteiger partial charge on any atom is 0.390 e. The van der Waals surface area contributed by atoms with E-state index in [1.165, 1.54) is 0 Å². The fourth-order valence-corrected chi connectivity index (χ4v) is 2.97. The van der Waals surface area contributed by atoms with Crippen LogP contribution in [0.1, 0.15) is 20.3 Å². The van der Waals surface area contributed by atoms with Gasteiger partial charge in [0.1, 0.15) is 5.75 Å². The Bertz CT molecular complexity index is 544. The van der Waals surface area contributed by atoms with Gasteiger partial charge >= 0.3 is 6.18 Å². The molecule has 4 nitrogen and oxygen atoms in total. The van der Waals surface area contributed by atoms with Crippen molar-refractivity contribution >= 4 is 41.7 Å². The number of aliphatic imine (C=N–C) groups is 1. The molecule has 1 rings (SSSR count). The molecule has 9 heteroatoms. The molecule has 1 atom stereocenters. The minimum Gasteiger partial charge on any atom is -0.496 e. The molecule has 1 unspecified atom stereocenters. The smallest absolute Gasteiger partial charge is 0.390 e. The number of halogens is 4. The van der Waals surface area contributed by atoms with Gasteiger partial charge in [-0.2, -0.15) is 13.2 Å². The number of hydrogen-bond donors (Lipinski definition) is 2. The summed E-state index contributed by atoms with van der Waals surface area (Å²) in [6.45, 7) is 4.89. The lowest BCUT2D eigenvalue weighted by Gasteiger charge is -2.14. The number of thioether (sulfide) groups is 1. The lowest BCUT2D eigenvalue weighted by atomic mass is 10.2. The van der Waals surface area contributed by atoms with Crippen LogP contribution in [0.5, 0.6) is 5.75 Å². The second kappa shape index (κ2) is 13.3. The second-order valence-corrected chi connectivity index (χ2v) is 6.64. The quantitative estimate of drug-likeness (QED) is 0.224. The van der Waals surface area contributed by atoms with Gasteiger partial charge in [0.25, 0.3) is 0 Å². The number of hydrogen-bond acceptors (Lipinski definition) is 3. The minimum absolute atomic E-state index is 0. The van der Waals surface area contributed by atoms with Gasteiger partial charge < -0.3 is 15.4 Å². The van der Waals surface area contributed by atoms with E-state index in [9.17, 15) is 13.2 Å². The van der Waals surface area contributed by atoms with Crippen LogP contribution in [0.3, 0.4) is 0 Å². The fourth-order valence-electron chi connectivity index (χ4n) is 1.93. The average molecular weight is 505 g/mol. The third-order valence-electron chi connectivity index (χ3n) is 3.20. The van der Waals surface area contributed by atoms with Gasteiger partial charge in [-0.3, -0.25) is 4.99 Å². The largest absolute Gasteiger partial charge is 0.496 e. The van der Waals surface area contributed by atoms with Crippen molar-refractivity contribution in [3.05, 3.63) is 24.3 Å². The second-order valence-electron chi connectivity index (χ2n) is 5.58. The van der Waals surface area contributed by atoms with E-state index >= 15 is 0 Å². The Morgan fingerprint density at radius 1 is 1.27 bits per heavy atom. The summed E-state index contributed by atoms with van der Waals surface area (Å²) >= 11 is 1.68. The molecular weight excluding hydrogens is 478 g/mol. The first-order valence-corrected chi connectivity index (χ1v) is 9.19. The Morgan fingerprint density at radius 3 is 2.58 bits per heavy atom. The molecule has 1 aromatic carbocycles. The van der Waals surface area contributed by atoms with Gasteiger partial charge in [-0.15, -0.1) is 35.7 Å². The Labute approximate surface area is 174 Å². The minimum atomic E-state index is -4.16. The highest BCUT2D eigenvalue weighted by atomic mass is 127. The number of alkyl halides is 3. The Kier molecular flexibility index (Phi) is 12.9. The topological polar surface area (TPSA) is 45.7 Å². The standard InChI is InChI=1S/C17H26F3N3OS.HI/c1-4-21-16(22-10-9-17(18,19)20)23-11-13(2)12-25-15-8-6-5-7-14(15)24-3;/h5-8,13H,4,9-12H2,1-3H3,(H2,21,22,23);1H. The molecule has 0 saturated carbocycles. The molecule has 0 fully saturated rings. The zero-order chi connectivity index (χ0) is 18.7. The normalized spacial score (nSPS) is 12.9. The van der Waals surface area contributed by atoms with Gasteiger partial charge in [0, 0.05) is 30.3 Å². The highest BCUT2D eigenvalue weighted by Crippen LogP contribution is 2.30. The zero-order valence-corrected chi connectivity index (χ0v) is 18.4. The monoisotopic (exact) mass is 505 g/mol. The first kappa shape index (κ1) is 25.2. The van der Waals surface area contributed by atoms with Crippen molar-refractivity contribution < 1.29 is 17.9 Å². The van der Waals surface area contributed by atoms with Gasteiger partial charge in [-0.05, 0) is 25.0 Å². The number of nitrogens with zero attached hydrogens (tertiary/aromatic N) is 1. The van der Waals surface area contributed by atoms with E-state index in [0.717, 1.165) is 16.4 Å². The van der Waals surface area contributed by atoms with Crippen molar-refractivity contribution in [3.63, 3.8) is 0 Å². The van der Waals surface area contributed by atoms with Gasteiger partial charge in [0.05, 0.1) is 13.5 Å². The summed E-state index contributed by atoms with van der Waals surface area (Å²) in [6.07, 6.45) is -5.04. The summed E-state index contributed by atoms with van der Waals surface area (Å²) < 4.78 is 42.0. The number of ether oxygens (including phenoxy) is 1. The van der Waals surface area contributed by atoms with E-state index in [1.807, 2.05) is 31.2 Å². The SMILES string of the molecule is CCNC(=NCC(C)CSc1ccccc1OC)NCCC(F)(F)F.I. The lowest BCUT2D eigenvalue weighted by Crippen LogP contribution is -2.39. The molecule has 2 N–H and O–H groups in total. The molecule has 0 aliphatic rings. The fraction of sp³-hybridized carbons (Fsp3) is 0.588. The highest BCUT2D eigenvalue weighted by Gasteiger charge is 2.26. The van der Waals surface area contributed by atoms with Crippen LogP contribution in [-0.2, 0) is 0 Å². The van der Waals surface area contributed by atoms with Crippen LogP contribution in [0, 0.1) is 5.92 Å². The molecule has 26 heavy (non-hydrogen) atoms. The van der Waals surface area contributed by atoms with Crippen molar-refractivity contribution in [2.45, 2.75) is 31.3 Å². The van der Waals surface area contributed by atoms with Crippen molar-refractivity contribution in [1.82, 2.24) is 10.6 Å². The number of guanidine groups is 1. The third kappa shape index (κ3) is 11.0. The highest BCUT2D eigenvalue weighted by molar-refractivity contribution is 14.0. The lowest BCUT2D eigenvalue weighted by molar-refractivity contribution is -0.132. The van der Waals surface area contributed by atoms with Crippen molar-refractivity contribution in [1.29, 1.82) is 0 Å². The average Bonchev–Trinajstić information content (AvgIpc) is 2.57. The first-order chi connectivity index (χ1) is 11.9. The van der Waals surface area contributed by atoms with Gasteiger partial charge in [0.2, 0.25) is 0 Å². The van der Waals surface area contributed by atoms with Gasteiger partial charge in [0.15, 0.2) is 5.96 Å². The molecule has 0 spiro atoms. The van der Waals surface area contributed by atoms with Crippen LogP contribution in [-0.4, -0.2) is 44.6 Å². The van der Waals surface area contributed by atoms with Gasteiger partial charge in [-0.1, -0.05) is 19.1 Å². The van der Waals surface area contributed by atoms with E-state index in [-0.39, 0.29) is 36.4 Å². The Morgan fingerprint density at radius 2 is 1.96 bits per heavy atom. The molecule has 0 bridgehead atoms. The number of para-hydroxylation sites is 1. The number of rotatable bonds is 9. The summed E-state index contributed by atoms with van der Waals surface area (Å²) in [5.41, 5.74) is 0. The van der Waals surface area contributed by atoms with Crippen LogP contribution >= 0.6 is 35.7 Å². The predicted octanol–water partition coefficient (Wildman–Crippen LogP) is 4.55. The van der Waals surface area contributed by atoms with Crippen molar-refractivity contribution in [2.75, 3.05) is 32.5 Å². The third-order valence-corrected chi connectivity index (χ3v) is 4.58. The maximum absolute atomic E-state index is 12.2. The van der Waals surface area contributed by atoms with Gasteiger partial charge in [-0.25, -0.2) is 0 Å². The summed E-state index contributed by atoms with van der Waals surface area (Å²) in [6, 6.07) is 7.80. The van der Waals surface area contributed by atoms with Crippen molar-refractivity contribution in [2.24, 2.45) is 10.9 Å². The summed E-state index contributed by atoms with van der Waals surface area (Å²) in [4.78, 5) is 5.44. The predicted molar refractivity (Wildman–Crippen MR) is 113 cm³/mol. The molecule has 0 saturated heterocycles. The summed E-state index contributed by atoms with van der Waals surface area (Å²) in [5.74, 6) is 2.37. The van der Waals surface area contributed by atoms with E-state index < -0.39 is 12.6 Å². The van der Waals surface area contributed by atoms with Crippen LogP contribution < -0.4 is 15.4 Å². The van der Waals surface area contributed by atoms with E-state index in [0.29, 0.717) is 19.0 Å². The summed E-state index contributed by atoms with van der Waals surface area (Å²) in [5, 5.41) is 5.68.